The second-order valence-corrected chi connectivity index (χ2v) is 7.03. The second kappa shape index (κ2) is 6.83. The number of nitrogens with two attached hydrogens (primary N) is 1. The molecule has 2 aromatic rings. The van der Waals surface area contributed by atoms with E-state index in [1.807, 2.05) is 12.3 Å². The van der Waals surface area contributed by atoms with E-state index < -0.39 is 0 Å². The van der Waals surface area contributed by atoms with Crippen LogP contribution in [0.4, 0.5) is 17.1 Å². The lowest BCUT2D eigenvalue weighted by Crippen LogP contribution is -2.37. The molecular formula is C18H23N3O2S. The number of morpholine rings is 1. The van der Waals surface area contributed by atoms with Crippen LogP contribution in [0.1, 0.15) is 26.4 Å². The summed E-state index contributed by atoms with van der Waals surface area (Å²) in [6.45, 7) is 9.43. The molecule has 128 valence electrons. The molecule has 0 radical (unpaired) electrons. The van der Waals surface area contributed by atoms with Gasteiger partial charge in [-0.25, -0.2) is 0 Å². The average molecular weight is 345 g/mol. The standard InChI is InChI=1S/C18H23N3O2S/c1-11-10-12(2)16(21-5-7-23-8-6-21)13(3)15(11)20-18(22)17-14(19)4-9-24-17/h4,9-10H,5-8,19H2,1-3H3,(H,20,22). The third-order valence-corrected chi connectivity index (χ3v) is 5.33. The van der Waals surface area contributed by atoms with E-state index in [0.717, 1.165) is 43.1 Å². The SMILES string of the molecule is Cc1cc(C)c(N2CCOCC2)c(C)c1NC(=O)c1sccc1N. The fraction of sp³-hybridized carbons (Fsp3) is 0.389. The van der Waals surface area contributed by atoms with Crippen molar-refractivity contribution >= 4 is 34.3 Å². The summed E-state index contributed by atoms with van der Waals surface area (Å²) in [6.07, 6.45) is 0. The Hall–Kier alpha value is -2.05. The topological polar surface area (TPSA) is 67.6 Å². The van der Waals surface area contributed by atoms with Crippen LogP contribution in [0, 0.1) is 20.8 Å². The molecular weight excluding hydrogens is 322 g/mol. The van der Waals surface area contributed by atoms with Crippen molar-refractivity contribution in [2.45, 2.75) is 20.8 Å². The van der Waals surface area contributed by atoms with Crippen molar-refractivity contribution in [2.24, 2.45) is 0 Å². The molecule has 0 atom stereocenters. The Labute approximate surface area is 146 Å². The maximum Gasteiger partial charge on any atom is 0.267 e. The summed E-state index contributed by atoms with van der Waals surface area (Å²) >= 11 is 1.36. The first-order chi connectivity index (χ1) is 11.5. The maximum atomic E-state index is 12.6. The third kappa shape index (κ3) is 3.12. The molecule has 2 heterocycles. The van der Waals surface area contributed by atoms with Gasteiger partial charge in [0.05, 0.1) is 18.9 Å². The highest BCUT2D eigenvalue weighted by Crippen LogP contribution is 2.34. The number of hydrogen-bond acceptors (Lipinski definition) is 5. The molecule has 1 amide bonds. The van der Waals surface area contributed by atoms with Gasteiger partial charge in [-0.1, -0.05) is 6.07 Å². The summed E-state index contributed by atoms with van der Waals surface area (Å²) in [5.74, 6) is -0.148. The number of nitrogens with zero attached hydrogens (tertiary/aromatic N) is 1. The monoisotopic (exact) mass is 345 g/mol. The minimum atomic E-state index is -0.148. The lowest BCUT2D eigenvalue weighted by Gasteiger charge is -2.32. The normalized spacial score (nSPS) is 14.7. The van der Waals surface area contributed by atoms with Crippen LogP contribution in [0.15, 0.2) is 17.5 Å². The smallest absolute Gasteiger partial charge is 0.267 e. The fourth-order valence-corrected chi connectivity index (χ4v) is 4.03. The Morgan fingerprint density at radius 1 is 1.25 bits per heavy atom. The van der Waals surface area contributed by atoms with Crippen LogP contribution in [0.25, 0.3) is 0 Å². The number of amides is 1. The van der Waals surface area contributed by atoms with E-state index >= 15 is 0 Å². The number of rotatable bonds is 3. The van der Waals surface area contributed by atoms with Crippen LogP contribution in [-0.4, -0.2) is 32.2 Å². The number of nitrogens with one attached hydrogen (secondary N) is 1. The molecule has 1 aromatic carbocycles. The number of nitrogen functional groups attached to an aromatic ring is 1. The average Bonchev–Trinajstić information content (AvgIpc) is 2.98. The molecule has 0 saturated carbocycles. The molecule has 5 nitrogen and oxygen atoms in total. The number of benzene rings is 1. The Morgan fingerprint density at radius 2 is 1.96 bits per heavy atom. The lowest BCUT2D eigenvalue weighted by atomic mass is 10.0. The Bertz CT molecular complexity index is 764. The summed E-state index contributed by atoms with van der Waals surface area (Å²) in [5.41, 5.74) is 11.8. The highest BCUT2D eigenvalue weighted by molar-refractivity contribution is 7.12. The molecule has 0 spiro atoms. The first-order valence-corrected chi connectivity index (χ1v) is 8.95. The van der Waals surface area contributed by atoms with E-state index in [1.165, 1.54) is 22.6 Å². The van der Waals surface area contributed by atoms with E-state index in [0.29, 0.717) is 10.6 Å². The van der Waals surface area contributed by atoms with Gasteiger partial charge in [0.2, 0.25) is 0 Å². The summed E-state index contributed by atoms with van der Waals surface area (Å²) in [4.78, 5) is 15.5. The number of carbonyl (C=O) groups is 1. The molecule has 1 saturated heterocycles. The zero-order chi connectivity index (χ0) is 17.3. The van der Waals surface area contributed by atoms with Gasteiger partial charge in [0, 0.05) is 24.5 Å². The van der Waals surface area contributed by atoms with Gasteiger partial charge in [0.25, 0.3) is 5.91 Å². The Kier molecular flexibility index (Phi) is 4.78. The molecule has 3 N–H and O–H groups in total. The van der Waals surface area contributed by atoms with E-state index in [1.54, 1.807) is 6.07 Å². The van der Waals surface area contributed by atoms with Crippen LogP contribution < -0.4 is 16.0 Å². The second-order valence-electron chi connectivity index (χ2n) is 6.12. The molecule has 0 unspecified atom stereocenters. The molecule has 3 rings (SSSR count). The molecule has 6 heteroatoms. The minimum Gasteiger partial charge on any atom is -0.397 e. The molecule has 0 aliphatic carbocycles. The zero-order valence-electron chi connectivity index (χ0n) is 14.3. The highest BCUT2D eigenvalue weighted by atomic mass is 32.1. The molecule has 1 aromatic heterocycles. The van der Waals surface area contributed by atoms with E-state index in [2.05, 4.69) is 30.1 Å². The van der Waals surface area contributed by atoms with Gasteiger partial charge >= 0.3 is 0 Å². The van der Waals surface area contributed by atoms with Crippen molar-refractivity contribution in [1.82, 2.24) is 0 Å². The van der Waals surface area contributed by atoms with Gasteiger partial charge in [-0.3, -0.25) is 4.79 Å². The van der Waals surface area contributed by atoms with Crippen molar-refractivity contribution in [3.05, 3.63) is 39.1 Å². The zero-order valence-corrected chi connectivity index (χ0v) is 15.1. The lowest BCUT2D eigenvalue weighted by molar-refractivity contribution is 0.103. The van der Waals surface area contributed by atoms with Gasteiger partial charge in [-0.05, 0) is 48.9 Å². The Morgan fingerprint density at radius 3 is 2.58 bits per heavy atom. The molecule has 24 heavy (non-hydrogen) atoms. The first kappa shape index (κ1) is 16.8. The van der Waals surface area contributed by atoms with Gasteiger partial charge < -0.3 is 20.7 Å². The van der Waals surface area contributed by atoms with E-state index in [9.17, 15) is 4.79 Å². The summed E-state index contributed by atoms with van der Waals surface area (Å²) in [5, 5.41) is 4.89. The number of hydrogen-bond donors (Lipinski definition) is 2. The number of anilines is 3. The summed E-state index contributed by atoms with van der Waals surface area (Å²) < 4.78 is 5.46. The van der Waals surface area contributed by atoms with Crippen molar-refractivity contribution in [1.29, 1.82) is 0 Å². The van der Waals surface area contributed by atoms with Gasteiger partial charge in [-0.15, -0.1) is 11.3 Å². The van der Waals surface area contributed by atoms with Gasteiger partial charge in [-0.2, -0.15) is 0 Å². The van der Waals surface area contributed by atoms with Crippen LogP contribution >= 0.6 is 11.3 Å². The number of thiophene rings is 1. The third-order valence-electron chi connectivity index (χ3n) is 4.40. The molecule has 1 fully saturated rings. The van der Waals surface area contributed by atoms with Crippen molar-refractivity contribution in [3.8, 4) is 0 Å². The fourth-order valence-electron chi connectivity index (χ4n) is 3.32. The van der Waals surface area contributed by atoms with Gasteiger partial charge in [0.1, 0.15) is 4.88 Å². The maximum absolute atomic E-state index is 12.6. The highest BCUT2D eigenvalue weighted by Gasteiger charge is 2.21. The number of aryl methyl sites for hydroxylation is 2. The van der Waals surface area contributed by atoms with E-state index in [4.69, 9.17) is 10.5 Å². The quantitative estimate of drug-likeness (QED) is 0.895. The summed E-state index contributed by atoms with van der Waals surface area (Å²) in [7, 11) is 0. The van der Waals surface area contributed by atoms with Crippen LogP contribution in [0.5, 0.6) is 0 Å². The molecule has 1 aliphatic heterocycles. The van der Waals surface area contributed by atoms with Crippen LogP contribution in [0.2, 0.25) is 0 Å². The van der Waals surface area contributed by atoms with Crippen LogP contribution in [0.3, 0.4) is 0 Å². The van der Waals surface area contributed by atoms with Gasteiger partial charge in [0.15, 0.2) is 0 Å². The number of ether oxygens (including phenoxy) is 1. The predicted octanol–water partition coefficient (Wildman–Crippen LogP) is 3.34. The molecule has 1 aliphatic rings. The molecule has 0 bridgehead atoms. The predicted molar refractivity (Wildman–Crippen MR) is 100 cm³/mol. The largest absolute Gasteiger partial charge is 0.397 e. The van der Waals surface area contributed by atoms with Crippen LogP contribution in [-0.2, 0) is 4.74 Å². The van der Waals surface area contributed by atoms with E-state index in [-0.39, 0.29) is 5.91 Å². The van der Waals surface area contributed by atoms with Crippen molar-refractivity contribution in [3.63, 3.8) is 0 Å². The van der Waals surface area contributed by atoms with Crippen molar-refractivity contribution in [2.75, 3.05) is 42.3 Å². The Balaban J connectivity index is 1.95. The van der Waals surface area contributed by atoms with Crippen molar-refractivity contribution < 1.29 is 9.53 Å². The summed E-state index contributed by atoms with van der Waals surface area (Å²) in [6, 6.07) is 3.89. The first-order valence-electron chi connectivity index (χ1n) is 8.07. The number of carbonyl (C=O) groups excluding carboxylic acids is 1. The minimum absolute atomic E-state index is 0.148.